The minimum atomic E-state index is -0.0130. The Hall–Kier alpha value is -5.86. The number of fused-ring (bicyclic) bond motifs is 7. The molecular weight excluding hydrogens is 581 g/mol. The number of hydrogen-bond donors (Lipinski definition) is 0. The van der Waals surface area contributed by atoms with E-state index in [1.807, 2.05) is 6.07 Å². The van der Waals surface area contributed by atoms with Crippen molar-refractivity contribution in [1.82, 2.24) is 0 Å². The molecule has 2 heteroatoms. The van der Waals surface area contributed by atoms with Gasteiger partial charge in [0.05, 0.1) is 11.8 Å². The molecule has 0 N–H and O–H groups in total. The van der Waals surface area contributed by atoms with Crippen LogP contribution >= 0.6 is 0 Å². The molecule has 0 saturated heterocycles. The van der Waals surface area contributed by atoms with E-state index in [-0.39, 0.29) is 12.0 Å². The van der Waals surface area contributed by atoms with Crippen LogP contribution in [0.2, 0.25) is 0 Å². The number of rotatable bonds is 5. The molecule has 0 saturated carbocycles. The Morgan fingerprint density at radius 3 is 1.60 bits per heavy atom. The zero-order chi connectivity index (χ0) is 32.0. The zero-order valence-electron chi connectivity index (χ0n) is 26.8. The number of aliphatic imine (C=N–C) groups is 2. The molecule has 0 amide bonds. The molecule has 48 heavy (non-hydrogen) atoms. The summed E-state index contributed by atoms with van der Waals surface area (Å²) >= 11 is 0. The Morgan fingerprint density at radius 1 is 0.438 bits per heavy atom. The third kappa shape index (κ3) is 4.64. The van der Waals surface area contributed by atoms with Crippen LogP contribution in [0.1, 0.15) is 36.1 Å². The maximum absolute atomic E-state index is 5.37. The summed E-state index contributed by atoms with van der Waals surface area (Å²) in [6, 6.07) is 59.1. The molecule has 0 spiro atoms. The molecule has 0 aliphatic carbocycles. The topological polar surface area (TPSA) is 24.7 Å². The highest BCUT2D eigenvalue weighted by molar-refractivity contribution is 6.26. The second-order valence-corrected chi connectivity index (χ2v) is 12.7. The fourth-order valence-corrected chi connectivity index (χ4v) is 7.82. The molecule has 228 valence electrons. The standard InChI is InChI=1S/C46H34N2/c1-2-33-44(30-15-5-3-6-16-30)47-46(31-17-7-4-8-18-31)48-45(33)42-26-14-24-35-34(23-13-25-39(35)42)32-27-28-41-38-21-10-9-19-36(38)37-20-11-12-22-40(37)43(41)29-32/h3-29,33,44H,2H2,1H3. The molecule has 2 atom stereocenters. The van der Waals surface area contributed by atoms with Crippen molar-refractivity contribution in [2.45, 2.75) is 19.4 Å². The van der Waals surface area contributed by atoms with Crippen LogP contribution in [0.25, 0.3) is 54.2 Å². The molecule has 8 aromatic rings. The molecule has 1 aliphatic rings. The van der Waals surface area contributed by atoms with Crippen LogP contribution in [0.4, 0.5) is 0 Å². The van der Waals surface area contributed by atoms with Crippen molar-refractivity contribution in [3.63, 3.8) is 0 Å². The van der Waals surface area contributed by atoms with Crippen LogP contribution in [0.5, 0.6) is 0 Å². The van der Waals surface area contributed by atoms with Gasteiger partial charge in [-0.1, -0.05) is 165 Å². The van der Waals surface area contributed by atoms with Crippen LogP contribution in [0.3, 0.4) is 0 Å². The fraction of sp³-hybridized carbons (Fsp3) is 0.0870. The monoisotopic (exact) mass is 614 g/mol. The lowest BCUT2D eigenvalue weighted by Crippen LogP contribution is -2.28. The van der Waals surface area contributed by atoms with E-state index in [9.17, 15) is 0 Å². The first kappa shape index (κ1) is 28.4. The maximum atomic E-state index is 5.37. The zero-order valence-corrected chi connectivity index (χ0v) is 26.8. The van der Waals surface area contributed by atoms with Crippen molar-refractivity contribution in [3.8, 4) is 11.1 Å². The Balaban J connectivity index is 1.24. The van der Waals surface area contributed by atoms with E-state index in [1.54, 1.807) is 0 Å². The first-order chi connectivity index (χ1) is 23.8. The molecule has 0 bridgehead atoms. The van der Waals surface area contributed by atoms with Crippen LogP contribution in [0.15, 0.2) is 174 Å². The quantitative estimate of drug-likeness (QED) is 0.172. The minimum Gasteiger partial charge on any atom is -0.257 e. The number of amidine groups is 1. The van der Waals surface area contributed by atoms with Gasteiger partial charge in [0.1, 0.15) is 0 Å². The molecule has 0 aromatic heterocycles. The third-order valence-corrected chi connectivity index (χ3v) is 10.1. The number of hydrogen-bond acceptors (Lipinski definition) is 2. The third-order valence-electron chi connectivity index (χ3n) is 10.1. The first-order valence-corrected chi connectivity index (χ1v) is 16.9. The average Bonchev–Trinajstić information content (AvgIpc) is 3.17. The van der Waals surface area contributed by atoms with Crippen LogP contribution in [-0.2, 0) is 0 Å². The summed E-state index contributed by atoms with van der Waals surface area (Å²) in [7, 11) is 0. The van der Waals surface area contributed by atoms with E-state index in [0.29, 0.717) is 0 Å². The van der Waals surface area contributed by atoms with Gasteiger partial charge in [-0.3, -0.25) is 4.99 Å². The SMILES string of the molecule is CCC1C(c2cccc3c(-c4ccc5c6ccccc6c6ccccc6c5c4)cccc23)=NC(c2ccccc2)=NC1c1ccccc1. The molecular formula is C46H34N2. The van der Waals surface area contributed by atoms with E-state index in [4.69, 9.17) is 9.98 Å². The molecule has 2 unspecified atom stereocenters. The first-order valence-electron chi connectivity index (χ1n) is 16.9. The van der Waals surface area contributed by atoms with Gasteiger partial charge in [0.2, 0.25) is 0 Å². The Morgan fingerprint density at radius 2 is 0.958 bits per heavy atom. The van der Waals surface area contributed by atoms with Crippen LogP contribution in [0, 0.1) is 5.92 Å². The normalized spacial score (nSPS) is 16.4. The molecule has 0 fully saturated rings. The predicted octanol–water partition coefficient (Wildman–Crippen LogP) is 12.0. The number of benzene rings is 8. The predicted molar refractivity (Wildman–Crippen MR) is 204 cm³/mol. The number of nitrogens with zero attached hydrogens (tertiary/aromatic N) is 2. The minimum absolute atomic E-state index is 0.0130. The van der Waals surface area contributed by atoms with Crippen LogP contribution < -0.4 is 0 Å². The molecule has 8 aromatic carbocycles. The van der Waals surface area contributed by atoms with Crippen molar-refractivity contribution in [2.24, 2.45) is 15.9 Å². The van der Waals surface area contributed by atoms with Gasteiger partial charge in [-0.2, -0.15) is 0 Å². The van der Waals surface area contributed by atoms with Crippen molar-refractivity contribution in [3.05, 3.63) is 180 Å². The smallest absolute Gasteiger partial charge is 0.155 e. The van der Waals surface area contributed by atoms with Gasteiger partial charge in [-0.05, 0) is 72.3 Å². The summed E-state index contributed by atoms with van der Waals surface area (Å²) < 4.78 is 0. The van der Waals surface area contributed by atoms with Gasteiger partial charge < -0.3 is 0 Å². The van der Waals surface area contributed by atoms with Crippen molar-refractivity contribution >= 4 is 54.6 Å². The van der Waals surface area contributed by atoms with Gasteiger partial charge in [0, 0.05) is 17.0 Å². The van der Waals surface area contributed by atoms with Gasteiger partial charge in [0.15, 0.2) is 5.84 Å². The summed E-state index contributed by atoms with van der Waals surface area (Å²) in [6.45, 7) is 2.26. The van der Waals surface area contributed by atoms with Gasteiger partial charge in [0.25, 0.3) is 0 Å². The van der Waals surface area contributed by atoms with E-state index in [0.717, 1.165) is 23.5 Å². The van der Waals surface area contributed by atoms with E-state index in [2.05, 4.69) is 165 Å². The summed E-state index contributed by atoms with van der Waals surface area (Å²) in [6.07, 6.45) is 0.936. The maximum Gasteiger partial charge on any atom is 0.155 e. The van der Waals surface area contributed by atoms with Crippen molar-refractivity contribution < 1.29 is 0 Å². The van der Waals surface area contributed by atoms with Crippen molar-refractivity contribution in [2.75, 3.05) is 0 Å². The lowest BCUT2D eigenvalue weighted by atomic mass is 9.81. The van der Waals surface area contributed by atoms with E-state index >= 15 is 0 Å². The summed E-state index contributed by atoms with van der Waals surface area (Å²) in [5, 5.41) is 10.2. The summed E-state index contributed by atoms with van der Waals surface area (Å²) in [5.74, 6) is 0.945. The Bertz CT molecular complexity index is 2510. The molecule has 1 heterocycles. The lowest BCUT2D eigenvalue weighted by molar-refractivity contribution is 0.533. The summed E-state index contributed by atoms with van der Waals surface area (Å²) in [5.41, 5.74) is 7.01. The van der Waals surface area contributed by atoms with Gasteiger partial charge in [-0.15, -0.1) is 0 Å². The Kier molecular flexibility index (Phi) is 6.94. The van der Waals surface area contributed by atoms with E-state index in [1.165, 1.54) is 65.3 Å². The molecule has 9 rings (SSSR count). The van der Waals surface area contributed by atoms with Gasteiger partial charge in [-0.25, -0.2) is 4.99 Å². The van der Waals surface area contributed by atoms with Crippen LogP contribution in [-0.4, -0.2) is 11.5 Å². The average molecular weight is 615 g/mol. The highest BCUT2D eigenvalue weighted by atomic mass is 15.0. The molecule has 0 radical (unpaired) electrons. The molecule has 2 nitrogen and oxygen atoms in total. The highest BCUT2D eigenvalue weighted by Gasteiger charge is 2.32. The second kappa shape index (κ2) is 11.7. The largest absolute Gasteiger partial charge is 0.257 e. The Labute approximate surface area is 280 Å². The lowest BCUT2D eigenvalue weighted by Gasteiger charge is -2.30. The highest BCUT2D eigenvalue weighted by Crippen LogP contribution is 2.41. The van der Waals surface area contributed by atoms with Gasteiger partial charge >= 0.3 is 0 Å². The van der Waals surface area contributed by atoms with Crippen molar-refractivity contribution in [1.29, 1.82) is 0 Å². The fourth-order valence-electron chi connectivity index (χ4n) is 7.82. The summed E-state index contributed by atoms with van der Waals surface area (Å²) in [4.78, 5) is 10.7. The van der Waals surface area contributed by atoms with E-state index < -0.39 is 0 Å². The second-order valence-electron chi connectivity index (χ2n) is 12.7. The molecule has 1 aliphatic heterocycles.